The van der Waals surface area contributed by atoms with Crippen molar-refractivity contribution < 1.29 is 8.42 Å². The summed E-state index contributed by atoms with van der Waals surface area (Å²) in [6.45, 7) is 0. The molecule has 0 aromatic heterocycles. The summed E-state index contributed by atoms with van der Waals surface area (Å²) in [4.78, 5) is 0. The third kappa shape index (κ3) is 1.71. The van der Waals surface area contributed by atoms with E-state index in [1.165, 1.54) is 30.9 Å². The Morgan fingerprint density at radius 3 is 1.94 bits per heavy atom. The number of nitrogens with two attached hydrogens (primary N) is 1. The van der Waals surface area contributed by atoms with Crippen molar-refractivity contribution in [2.45, 2.75) is 43.3 Å². The Morgan fingerprint density at radius 1 is 1.06 bits per heavy atom. The second kappa shape index (κ2) is 3.72. The van der Waals surface area contributed by atoms with Gasteiger partial charge in [-0.1, -0.05) is 0 Å². The molecule has 0 aliphatic heterocycles. The van der Waals surface area contributed by atoms with Gasteiger partial charge in [-0.3, -0.25) is 5.84 Å². The minimum atomic E-state index is -3.16. The van der Waals surface area contributed by atoms with Crippen LogP contribution in [0.1, 0.15) is 38.5 Å². The molecular formula is C12H20N2O2S. The van der Waals surface area contributed by atoms with Crippen molar-refractivity contribution in [3.05, 3.63) is 11.6 Å². The molecule has 0 saturated heterocycles. The summed E-state index contributed by atoms with van der Waals surface area (Å²) in [5.41, 5.74) is 2.30. The lowest BCUT2D eigenvalue weighted by Gasteiger charge is -2.55. The molecule has 0 atom stereocenters. The predicted molar refractivity (Wildman–Crippen MR) is 66.3 cm³/mol. The van der Waals surface area contributed by atoms with Crippen LogP contribution < -0.4 is 11.3 Å². The molecule has 4 fully saturated rings. The van der Waals surface area contributed by atoms with Crippen LogP contribution >= 0.6 is 0 Å². The smallest absolute Gasteiger partial charge is 0.178 e. The van der Waals surface area contributed by atoms with Gasteiger partial charge in [0.2, 0.25) is 0 Å². The summed E-state index contributed by atoms with van der Waals surface area (Å²) in [6.07, 6.45) is 7.73. The molecule has 0 amide bonds. The maximum absolute atomic E-state index is 12.5. The van der Waals surface area contributed by atoms with Gasteiger partial charge in [-0.25, -0.2) is 8.42 Å². The van der Waals surface area contributed by atoms with E-state index in [2.05, 4.69) is 5.43 Å². The first-order valence-electron chi connectivity index (χ1n) is 6.42. The highest BCUT2D eigenvalue weighted by molar-refractivity contribution is 7.95. The van der Waals surface area contributed by atoms with Gasteiger partial charge in [0.05, 0.1) is 4.75 Å². The third-order valence-corrected chi connectivity index (χ3v) is 7.13. The van der Waals surface area contributed by atoms with E-state index in [1.54, 1.807) is 0 Å². The first-order chi connectivity index (χ1) is 8.05. The second-order valence-corrected chi connectivity index (χ2v) is 8.34. The zero-order valence-corrected chi connectivity index (χ0v) is 10.7. The molecule has 5 heteroatoms. The zero-order chi connectivity index (χ0) is 12.1. The lowest BCUT2D eigenvalue weighted by Crippen LogP contribution is -2.54. The third-order valence-electron chi connectivity index (χ3n) is 4.93. The van der Waals surface area contributed by atoms with Gasteiger partial charge in [0.1, 0.15) is 0 Å². The molecule has 0 spiro atoms. The molecule has 0 aromatic carbocycles. The number of hydrogen-bond donors (Lipinski definition) is 2. The lowest BCUT2D eigenvalue weighted by molar-refractivity contribution is 0.0344. The van der Waals surface area contributed by atoms with Crippen LogP contribution in [0.4, 0.5) is 0 Å². The van der Waals surface area contributed by atoms with Gasteiger partial charge >= 0.3 is 0 Å². The van der Waals surface area contributed by atoms with Crippen LogP contribution in [0, 0.1) is 17.8 Å². The van der Waals surface area contributed by atoms with Gasteiger partial charge in [0.15, 0.2) is 9.84 Å². The molecular weight excluding hydrogens is 236 g/mol. The summed E-state index contributed by atoms with van der Waals surface area (Å²) >= 11 is 0. The molecule has 0 unspecified atom stereocenters. The average molecular weight is 256 g/mol. The van der Waals surface area contributed by atoms with Crippen molar-refractivity contribution in [1.82, 2.24) is 5.43 Å². The van der Waals surface area contributed by atoms with E-state index in [4.69, 9.17) is 5.84 Å². The SMILES string of the molecule is NN/C=C/S(=O)(=O)C12CC3CC(CC(C3)C1)C2. The summed E-state index contributed by atoms with van der Waals surface area (Å²) in [5.74, 6) is 7.07. The Labute approximate surface area is 103 Å². The quantitative estimate of drug-likeness (QED) is 0.590. The second-order valence-electron chi connectivity index (χ2n) is 6.11. The largest absolute Gasteiger partial charge is 0.331 e. The Balaban J connectivity index is 1.94. The maximum atomic E-state index is 12.5. The van der Waals surface area contributed by atoms with Crippen LogP contribution in [0.5, 0.6) is 0 Å². The molecule has 3 N–H and O–H groups in total. The number of rotatable bonds is 3. The molecule has 4 rings (SSSR count). The number of hydrazine groups is 1. The van der Waals surface area contributed by atoms with Gasteiger partial charge in [-0.05, 0) is 56.3 Å². The van der Waals surface area contributed by atoms with E-state index < -0.39 is 14.6 Å². The van der Waals surface area contributed by atoms with Crippen LogP contribution in [0.15, 0.2) is 11.6 Å². The fraction of sp³-hybridized carbons (Fsp3) is 0.833. The van der Waals surface area contributed by atoms with Crippen molar-refractivity contribution in [1.29, 1.82) is 0 Å². The summed E-state index contributed by atoms with van der Waals surface area (Å²) in [7, 11) is -3.16. The van der Waals surface area contributed by atoms with Gasteiger partial charge < -0.3 is 5.43 Å². The molecule has 4 saturated carbocycles. The minimum absolute atomic E-state index is 0.463. The van der Waals surface area contributed by atoms with Crippen molar-refractivity contribution in [3.63, 3.8) is 0 Å². The number of sulfone groups is 1. The Hall–Kier alpha value is -0.550. The van der Waals surface area contributed by atoms with Gasteiger partial charge in [-0.2, -0.15) is 0 Å². The fourth-order valence-electron chi connectivity index (χ4n) is 4.65. The van der Waals surface area contributed by atoms with Crippen molar-refractivity contribution in [3.8, 4) is 0 Å². The van der Waals surface area contributed by atoms with Crippen molar-refractivity contribution in [2.24, 2.45) is 23.6 Å². The normalized spacial score (nSPS) is 44.4. The number of nitrogens with one attached hydrogen (secondary N) is 1. The molecule has 4 aliphatic carbocycles. The highest BCUT2D eigenvalue weighted by atomic mass is 32.2. The molecule has 17 heavy (non-hydrogen) atoms. The van der Waals surface area contributed by atoms with Crippen LogP contribution in [-0.4, -0.2) is 13.2 Å². The van der Waals surface area contributed by atoms with Crippen molar-refractivity contribution in [2.75, 3.05) is 0 Å². The van der Waals surface area contributed by atoms with Crippen LogP contribution in [0.25, 0.3) is 0 Å². The Kier molecular flexibility index (Phi) is 2.52. The summed E-state index contributed by atoms with van der Waals surface area (Å²) in [5, 5.41) is 1.28. The van der Waals surface area contributed by atoms with E-state index >= 15 is 0 Å². The fourth-order valence-corrected chi connectivity index (χ4v) is 6.60. The van der Waals surface area contributed by atoms with Crippen LogP contribution in [0.3, 0.4) is 0 Å². The van der Waals surface area contributed by atoms with E-state index in [9.17, 15) is 8.42 Å². The lowest BCUT2D eigenvalue weighted by atomic mass is 9.56. The van der Waals surface area contributed by atoms with Crippen LogP contribution in [0.2, 0.25) is 0 Å². The summed E-state index contributed by atoms with van der Waals surface area (Å²) < 4.78 is 24.5. The molecule has 4 bridgehead atoms. The molecule has 96 valence electrons. The first-order valence-corrected chi connectivity index (χ1v) is 7.97. The van der Waals surface area contributed by atoms with Crippen molar-refractivity contribution >= 4 is 9.84 Å². The molecule has 4 nitrogen and oxygen atoms in total. The van der Waals surface area contributed by atoms with Gasteiger partial charge in [-0.15, -0.1) is 0 Å². The van der Waals surface area contributed by atoms with E-state index in [-0.39, 0.29) is 0 Å². The van der Waals surface area contributed by atoms with Crippen LogP contribution in [-0.2, 0) is 9.84 Å². The zero-order valence-electron chi connectivity index (χ0n) is 9.93. The monoisotopic (exact) mass is 256 g/mol. The topological polar surface area (TPSA) is 72.2 Å². The summed E-state index contributed by atoms with van der Waals surface area (Å²) in [6, 6.07) is 0. The molecule has 0 radical (unpaired) electrons. The maximum Gasteiger partial charge on any atom is 0.178 e. The highest BCUT2D eigenvalue weighted by Crippen LogP contribution is 2.58. The first kappa shape index (κ1) is 11.5. The van der Waals surface area contributed by atoms with Gasteiger partial charge in [0, 0.05) is 11.6 Å². The van der Waals surface area contributed by atoms with E-state index in [0.717, 1.165) is 19.3 Å². The van der Waals surface area contributed by atoms with E-state index in [1.807, 2.05) is 0 Å². The average Bonchev–Trinajstić information content (AvgIpc) is 2.24. The van der Waals surface area contributed by atoms with E-state index in [0.29, 0.717) is 17.8 Å². The Bertz CT molecular complexity index is 406. The molecule has 0 heterocycles. The van der Waals surface area contributed by atoms with Gasteiger partial charge in [0.25, 0.3) is 0 Å². The minimum Gasteiger partial charge on any atom is -0.331 e. The molecule has 4 aliphatic rings. The predicted octanol–water partition coefficient (Wildman–Crippen LogP) is 1.30. The molecule has 0 aromatic rings. The Morgan fingerprint density at radius 2 is 1.53 bits per heavy atom. The highest BCUT2D eigenvalue weighted by Gasteiger charge is 2.56. The number of hydrogen-bond acceptors (Lipinski definition) is 4. The standard InChI is InChI=1S/C12H20N2O2S/c13-14-1-2-17(15,16)12-6-9-3-10(7-12)5-11(4-9)8-12/h1-2,9-11,14H,3-8,13H2/b2-1+.